The van der Waals surface area contributed by atoms with E-state index >= 15 is 0 Å². The average Bonchev–Trinajstić information content (AvgIpc) is 2.95. The molecule has 34 heavy (non-hydrogen) atoms. The number of carbonyl (C=O) groups is 2. The summed E-state index contributed by atoms with van der Waals surface area (Å²) in [5, 5.41) is 25.5. The van der Waals surface area contributed by atoms with Crippen LogP contribution >= 0.6 is 23.4 Å². The maximum Gasteiger partial charge on any atom is 0.328 e. The Morgan fingerprint density at radius 2 is 1.71 bits per heavy atom. The second-order valence-electron chi connectivity index (χ2n) is 7.87. The predicted molar refractivity (Wildman–Crippen MR) is 128 cm³/mol. The monoisotopic (exact) mass is 508 g/mol. The van der Waals surface area contributed by atoms with E-state index in [4.69, 9.17) is 26.9 Å². The van der Waals surface area contributed by atoms with Crippen LogP contribution in [0.5, 0.6) is 0 Å². The number of aliphatic hydroxyl groups is 1. The van der Waals surface area contributed by atoms with Crippen LogP contribution in [0.1, 0.15) is 17.2 Å². The van der Waals surface area contributed by atoms with Crippen LogP contribution in [0.25, 0.3) is 0 Å². The summed E-state index contributed by atoms with van der Waals surface area (Å²) in [4.78, 5) is 26.1. The minimum absolute atomic E-state index is 0.192. The van der Waals surface area contributed by atoms with Gasteiger partial charge in [0.15, 0.2) is 0 Å². The lowest BCUT2D eigenvalue weighted by molar-refractivity contribution is -0.134. The molecule has 2 aliphatic heterocycles. The van der Waals surface area contributed by atoms with Crippen LogP contribution in [0.15, 0.2) is 58.3 Å². The van der Waals surface area contributed by atoms with E-state index in [0.717, 1.165) is 54.0 Å². The van der Waals surface area contributed by atoms with E-state index < -0.39 is 11.9 Å². The molecule has 2 aromatic carbocycles. The lowest BCUT2D eigenvalue weighted by Crippen LogP contribution is -2.48. The molecular weight excluding hydrogens is 483 g/mol. The molecule has 0 amide bonds. The second kappa shape index (κ2) is 12.3. The number of β-amino-alcohol motifs (C(OH)–C–C–N with tert-alkyl or cyclic N) is 1. The minimum atomic E-state index is -1.26. The summed E-state index contributed by atoms with van der Waals surface area (Å²) in [5.74, 6) is -2.71. The number of fused-ring (bicyclic) bond motifs is 2. The molecule has 1 saturated heterocycles. The average molecular weight is 509 g/mol. The first kappa shape index (κ1) is 26.2. The fraction of sp³-hybridized carbons (Fsp3) is 0.333. The highest BCUT2D eigenvalue weighted by atomic mass is 35.5. The Balaban J connectivity index is 0.000000350. The van der Waals surface area contributed by atoms with Gasteiger partial charge in [0, 0.05) is 65.7 Å². The van der Waals surface area contributed by atoms with Gasteiger partial charge in [0.05, 0.1) is 6.61 Å². The number of rotatable bonds is 5. The van der Waals surface area contributed by atoms with E-state index in [1.165, 1.54) is 11.1 Å². The molecule has 0 aliphatic carbocycles. The smallest absolute Gasteiger partial charge is 0.328 e. The van der Waals surface area contributed by atoms with Crippen molar-refractivity contribution in [1.29, 1.82) is 0 Å². The Kier molecular flexibility index (Phi) is 9.49. The molecule has 3 N–H and O–H groups in total. The van der Waals surface area contributed by atoms with Crippen LogP contribution < -0.4 is 0 Å². The third kappa shape index (κ3) is 7.28. The van der Waals surface area contributed by atoms with Gasteiger partial charge in [-0.15, -0.1) is 0 Å². The van der Waals surface area contributed by atoms with Crippen molar-refractivity contribution < 1.29 is 29.3 Å². The van der Waals surface area contributed by atoms with Gasteiger partial charge >= 0.3 is 11.9 Å². The molecular formula is C24H26ClFN2O5S. The highest BCUT2D eigenvalue weighted by molar-refractivity contribution is 7.99. The summed E-state index contributed by atoms with van der Waals surface area (Å²) >= 11 is 7.95. The van der Waals surface area contributed by atoms with E-state index in [9.17, 15) is 14.0 Å². The van der Waals surface area contributed by atoms with Crippen molar-refractivity contribution in [3.8, 4) is 0 Å². The zero-order valence-electron chi connectivity index (χ0n) is 18.4. The molecule has 10 heteroatoms. The number of carboxylic acid groups (broad SMARTS) is 2. The summed E-state index contributed by atoms with van der Waals surface area (Å²) in [6.45, 7) is 4.76. The number of aliphatic hydroxyl groups excluding tert-OH is 1. The Hall–Kier alpha value is -2.43. The molecule has 0 radical (unpaired) electrons. The maximum absolute atomic E-state index is 13.8. The fourth-order valence-electron chi connectivity index (χ4n) is 4.01. The zero-order valence-corrected chi connectivity index (χ0v) is 19.9. The summed E-state index contributed by atoms with van der Waals surface area (Å²) < 4.78 is 13.8. The van der Waals surface area contributed by atoms with Crippen molar-refractivity contribution in [2.45, 2.75) is 22.3 Å². The molecule has 0 bridgehead atoms. The van der Waals surface area contributed by atoms with E-state index in [2.05, 4.69) is 21.9 Å². The van der Waals surface area contributed by atoms with Gasteiger partial charge in [-0.1, -0.05) is 29.4 Å². The molecule has 2 aliphatic rings. The first-order chi connectivity index (χ1) is 16.3. The van der Waals surface area contributed by atoms with Crippen molar-refractivity contribution in [3.05, 3.63) is 70.5 Å². The second-order valence-corrected chi connectivity index (χ2v) is 9.39. The zero-order chi connectivity index (χ0) is 24.7. The van der Waals surface area contributed by atoms with Crippen LogP contribution in [0.4, 0.5) is 4.39 Å². The largest absolute Gasteiger partial charge is 0.478 e. The van der Waals surface area contributed by atoms with E-state index in [1.54, 1.807) is 23.9 Å². The molecule has 0 saturated carbocycles. The van der Waals surface area contributed by atoms with Gasteiger partial charge in [0.1, 0.15) is 5.82 Å². The minimum Gasteiger partial charge on any atom is -0.478 e. The number of aliphatic carboxylic acids is 2. The topological polar surface area (TPSA) is 101 Å². The van der Waals surface area contributed by atoms with Gasteiger partial charge < -0.3 is 15.3 Å². The Morgan fingerprint density at radius 1 is 1.03 bits per heavy atom. The van der Waals surface area contributed by atoms with Crippen molar-refractivity contribution in [3.63, 3.8) is 0 Å². The molecule has 1 fully saturated rings. The van der Waals surface area contributed by atoms with Crippen LogP contribution in [0, 0.1) is 5.82 Å². The third-order valence-electron chi connectivity index (χ3n) is 5.63. The van der Waals surface area contributed by atoms with E-state index in [1.807, 2.05) is 12.1 Å². The number of halogens is 2. The van der Waals surface area contributed by atoms with Crippen LogP contribution in [-0.2, 0) is 16.0 Å². The number of nitrogens with zero attached hydrogens (tertiary/aromatic N) is 2. The SMILES string of the molecule is O=C(O)/C=C\C(=O)O.OCCN1CCN(C2Cc3ccc(F)cc3Sc3ccc(Cl)cc32)CC1. The molecule has 182 valence electrons. The lowest BCUT2D eigenvalue weighted by atomic mass is 9.96. The Morgan fingerprint density at radius 3 is 2.32 bits per heavy atom. The van der Waals surface area contributed by atoms with Gasteiger partial charge in [0.2, 0.25) is 0 Å². The molecule has 1 atom stereocenters. The first-order valence-electron chi connectivity index (χ1n) is 10.7. The molecule has 4 rings (SSSR count). The highest BCUT2D eigenvalue weighted by Gasteiger charge is 2.30. The summed E-state index contributed by atoms with van der Waals surface area (Å²) in [6.07, 6.45) is 1.97. The van der Waals surface area contributed by atoms with Gasteiger partial charge in [0.25, 0.3) is 0 Å². The van der Waals surface area contributed by atoms with Gasteiger partial charge in [-0.25, -0.2) is 14.0 Å². The van der Waals surface area contributed by atoms with Crippen molar-refractivity contribution in [2.24, 2.45) is 0 Å². The number of piperazine rings is 1. The van der Waals surface area contributed by atoms with E-state index in [0.29, 0.717) is 12.2 Å². The standard InChI is InChI=1S/C20H22ClFN2OS.C4H4O4/c21-15-2-4-19-17(12-15)18(24-7-5-23(6-8-24)9-10-25)11-14-1-3-16(22)13-20(14)26-19;5-3(6)1-2-4(7)8/h1-4,12-13,18,25H,5-11H2;1-2H,(H,5,6)(H,7,8)/b;2-1-. The van der Waals surface area contributed by atoms with Crippen LogP contribution in [0.2, 0.25) is 5.02 Å². The van der Waals surface area contributed by atoms with Crippen molar-refractivity contribution in [2.75, 3.05) is 39.3 Å². The van der Waals surface area contributed by atoms with Crippen molar-refractivity contribution >= 4 is 35.3 Å². The highest BCUT2D eigenvalue weighted by Crippen LogP contribution is 2.44. The predicted octanol–water partition coefficient (Wildman–Crippen LogP) is 3.55. The molecule has 2 aromatic rings. The van der Waals surface area contributed by atoms with Crippen LogP contribution in [0.3, 0.4) is 0 Å². The van der Waals surface area contributed by atoms with Gasteiger partial charge in [-0.2, -0.15) is 0 Å². The summed E-state index contributed by atoms with van der Waals surface area (Å²) in [6, 6.07) is 11.4. The molecule has 1 unspecified atom stereocenters. The molecule has 7 nitrogen and oxygen atoms in total. The number of carboxylic acids is 2. The fourth-order valence-corrected chi connectivity index (χ4v) is 5.33. The maximum atomic E-state index is 13.8. The number of benzene rings is 2. The number of hydrogen-bond acceptors (Lipinski definition) is 6. The number of hydrogen-bond donors (Lipinski definition) is 3. The van der Waals surface area contributed by atoms with Crippen LogP contribution in [-0.4, -0.2) is 76.4 Å². The molecule has 0 aromatic heterocycles. The third-order valence-corrected chi connectivity index (χ3v) is 7.05. The molecule has 0 spiro atoms. The quantitative estimate of drug-likeness (QED) is 0.527. The Bertz CT molecular complexity index is 1040. The normalized spacial score (nSPS) is 18.4. The Labute approximate surface area is 206 Å². The molecule has 2 heterocycles. The summed E-state index contributed by atoms with van der Waals surface area (Å²) in [5.41, 5.74) is 2.42. The van der Waals surface area contributed by atoms with Gasteiger partial charge in [-0.3, -0.25) is 9.80 Å². The first-order valence-corrected chi connectivity index (χ1v) is 11.9. The van der Waals surface area contributed by atoms with E-state index in [-0.39, 0.29) is 18.5 Å². The van der Waals surface area contributed by atoms with Gasteiger partial charge in [-0.05, 0) is 47.9 Å². The van der Waals surface area contributed by atoms with Crippen molar-refractivity contribution in [1.82, 2.24) is 9.80 Å². The summed E-state index contributed by atoms with van der Waals surface area (Å²) in [7, 11) is 0. The lowest BCUT2D eigenvalue weighted by Gasteiger charge is -2.39.